The number of hydrogen-bond acceptors (Lipinski definition) is 8. The third-order valence-corrected chi connectivity index (χ3v) is 6.47. The Kier molecular flexibility index (Phi) is 8.39. The molecule has 10 nitrogen and oxygen atoms in total. The van der Waals surface area contributed by atoms with E-state index in [1.54, 1.807) is 6.92 Å². The van der Waals surface area contributed by atoms with E-state index < -0.39 is 17.8 Å². The van der Waals surface area contributed by atoms with Crippen molar-refractivity contribution < 1.29 is 23.3 Å². The fourth-order valence-corrected chi connectivity index (χ4v) is 5.04. The van der Waals surface area contributed by atoms with Crippen LogP contribution in [-0.2, 0) is 9.09 Å². The van der Waals surface area contributed by atoms with Crippen LogP contribution in [0.4, 0.5) is 10.5 Å². The minimum Gasteiger partial charge on any atom is -0.416 e. The van der Waals surface area contributed by atoms with Crippen LogP contribution in [-0.4, -0.2) is 29.5 Å². The van der Waals surface area contributed by atoms with Gasteiger partial charge >= 0.3 is 12.8 Å². The predicted octanol–water partition coefficient (Wildman–Crippen LogP) is 3.26. The highest BCUT2D eigenvalue weighted by molar-refractivity contribution is 8.55. The van der Waals surface area contributed by atoms with Crippen molar-refractivity contribution >= 4 is 36.1 Å². The minimum absolute atomic E-state index is 0.0704. The third kappa shape index (κ3) is 7.12. The van der Waals surface area contributed by atoms with Crippen molar-refractivity contribution in [1.29, 1.82) is 0 Å². The fraction of sp³-hybridized carbons (Fsp3) is 0.385. The summed E-state index contributed by atoms with van der Waals surface area (Å²) in [4.78, 5) is 21.0. The molecule has 0 spiro atoms. The molecule has 3 N–H and O–H groups in total. The Balaban J connectivity index is 3.17. The second-order valence-electron chi connectivity index (χ2n) is 4.50. The molecule has 0 saturated heterocycles. The van der Waals surface area contributed by atoms with Gasteiger partial charge in [0, 0.05) is 23.4 Å². The molecule has 1 unspecified atom stereocenters. The van der Waals surface area contributed by atoms with E-state index in [2.05, 4.69) is 5.10 Å². The van der Waals surface area contributed by atoms with Crippen LogP contribution >= 0.6 is 18.2 Å². The number of nitro groups is 1. The third-order valence-electron chi connectivity index (χ3n) is 2.53. The fourth-order valence-electron chi connectivity index (χ4n) is 1.57. The second kappa shape index (κ2) is 10.0. The number of rotatable bonds is 10. The van der Waals surface area contributed by atoms with Gasteiger partial charge < -0.3 is 10.3 Å². The number of primary amides is 1. The van der Waals surface area contributed by atoms with E-state index in [0.717, 1.165) is 24.0 Å². The zero-order valence-corrected chi connectivity index (χ0v) is 15.4. The lowest BCUT2D eigenvalue weighted by atomic mass is 10.2. The van der Waals surface area contributed by atoms with Gasteiger partial charge in [-0.25, -0.2) is 14.8 Å². The Morgan fingerprint density at radius 3 is 2.80 bits per heavy atom. The Hall–Kier alpha value is -2.10. The number of hydrazone groups is 1. The smallest absolute Gasteiger partial charge is 0.416 e. The maximum absolute atomic E-state index is 12.7. The van der Waals surface area contributed by atoms with E-state index >= 15 is 0 Å². The summed E-state index contributed by atoms with van der Waals surface area (Å²) >= 11 is 1.03. The second-order valence-corrected chi connectivity index (χ2v) is 8.62. The maximum atomic E-state index is 12.7. The van der Waals surface area contributed by atoms with Gasteiger partial charge in [0.2, 0.25) is 0 Å². The first-order valence-corrected chi connectivity index (χ1v) is 10.4. The molecule has 0 bridgehead atoms. The number of hydrogen-bond donors (Lipinski definition) is 2. The van der Waals surface area contributed by atoms with E-state index in [9.17, 15) is 19.5 Å². The number of carbonyl (C=O) groups is 1. The number of nitro benzene ring substituents is 1. The number of nitrogens with zero attached hydrogens (tertiary/aromatic N) is 2. The molecule has 25 heavy (non-hydrogen) atoms. The van der Waals surface area contributed by atoms with Gasteiger partial charge in [0.05, 0.1) is 17.7 Å². The van der Waals surface area contributed by atoms with Gasteiger partial charge in [-0.2, -0.15) is 5.10 Å². The summed E-state index contributed by atoms with van der Waals surface area (Å²) in [6, 6.07) is 2.77. The highest BCUT2D eigenvalue weighted by Crippen LogP contribution is 2.60. The zero-order chi connectivity index (χ0) is 18.9. The quantitative estimate of drug-likeness (QED) is 0.270. The molecule has 0 saturated carbocycles. The van der Waals surface area contributed by atoms with Crippen LogP contribution < -0.4 is 15.7 Å². The molecule has 0 aromatic heterocycles. The molecule has 2 amide bonds. The van der Waals surface area contributed by atoms with Crippen LogP contribution in [0.25, 0.3) is 0 Å². The van der Waals surface area contributed by atoms with Gasteiger partial charge in [-0.1, -0.05) is 6.92 Å². The molecule has 1 aromatic carbocycles. The summed E-state index contributed by atoms with van der Waals surface area (Å²) in [5, 5.41) is 14.5. The summed E-state index contributed by atoms with van der Waals surface area (Å²) in [5.74, 6) is 0.623. The van der Waals surface area contributed by atoms with E-state index in [-0.39, 0.29) is 23.6 Å². The highest BCUT2D eigenvalue weighted by Gasteiger charge is 2.28. The Morgan fingerprint density at radius 1 is 1.52 bits per heavy atom. The molecule has 0 fully saturated rings. The molecular formula is C13H19N4O6PS. The van der Waals surface area contributed by atoms with Crippen molar-refractivity contribution in [2.75, 3.05) is 12.4 Å². The largest absolute Gasteiger partial charge is 0.440 e. The highest BCUT2D eigenvalue weighted by atomic mass is 32.7. The molecule has 1 atom stereocenters. The number of benzene rings is 1. The van der Waals surface area contributed by atoms with Gasteiger partial charge in [0.1, 0.15) is 5.75 Å². The first kappa shape index (κ1) is 20.9. The number of urea groups is 1. The summed E-state index contributed by atoms with van der Waals surface area (Å²) in [6.07, 6.45) is 1.87. The first-order chi connectivity index (χ1) is 11.8. The van der Waals surface area contributed by atoms with Gasteiger partial charge in [-0.3, -0.25) is 14.6 Å². The van der Waals surface area contributed by atoms with Crippen LogP contribution in [0.3, 0.4) is 0 Å². The van der Waals surface area contributed by atoms with Gasteiger partial charge in [0.15, 0.2) is 0 Å². The molecule has 0 aliphatic rings. The van der Waals surface area contributed by atoms with E-state index in [1.807, 2.05) is 12.3 Å². The van der Waals surface area contributed by atoms with Crippen LogP contribution in [0.1, 0.15) is 25.8 Å². The Morgan fingerprint density at radius 2 is 2.24 bits per heavy atom. The van der Waals surface area contributed by atoms with Crippen LogP contribution in [0, 0.1) is 10.1 Å². The van der Waals surface area contributed by atoms with Gasteiger partial charge in [-0.15, -0.1) is 0 Å². The lowest BCUT2D eigenvalue weighted by Gasteiger charge is -2.18. The first-order valence-electron chi connectivity index (χ1n) is 7.27. The predicted molar refractivity (Wildman–Crippen MR) is 96.0 cm³/mol. The zero-order valence-electron chi connectivity index (χ0n) is 13.7. The average molecular weight is 390 g/mol. The van der Waals surface area contributed by atoms with Crippen LogP contribution in [0.5, 0.6) is 5.75 Å². The number of amides is 2. The average Bonchev–Trinajstić information content (AvgIpc) is 2.54. The van der Waals surface area contributed by atoms with Crippen molar-refractivity contribution in [3.05, 3.63) is 33.9 Å². The van der Waals surface area contributed by atoms with Crippen molar-refractivity contribution in [2.45, 2.75) is 20.3 Å². The van der Waals surface area contributed by atoms with Crippen LogP contribution in [0.15, 0.2) is 23.3 Å². The molecule has 0 aliphatic carbocycles. The topological polar surface area (TPSA) is 146 Å². The molecule has 12 heteroatoms. The van der Waals surface area contributed by atoms with Crippen molar-refractivity contribution in [3.8, 4) is 5.75 Å². The Bertz CT molecular complexity index is 699. The summed E-state index contributed by atoms with van der Waals surface area (Å²) in [5.41, 5.74) is 6.78. The van der Waals surface area contributed by atoms with Crippen molar-refractivity contribution in [1.82, 2.24) is 5.43 Å². The molecule has 0 heterocycles. The molecule has 138 valence electrons. The van der Waals surface area contributed by atoms with E-state index in [1.165, 1.54) is 18.2 Å². The number of nitrogens with two attached hydrogens (primary N) is 1. The number of nitrogens with one attached hydrogen (secondary N) is 1. The van der Waals surface area contributed by atoms with Crippen molar-refractivity contribution in [3.63, 3.8) is 0 Å². The summed E-state index contributed by atoms with van der Waals surface area (Å²) < 4.78 is 23.5. The van der Waals surface area contributed by atoms with E-state index in [0.29, 0.717) is 5.75 Å². The summed E-state index contributed by atoms with van der Waals surface area (Å²) in [6.45, 7) is 0.270. The normalized spacial score (nSPS) is 13.4. The van der Waals surface area contributed by atoms with E-state index in [4.69, 9.17) is 14.8 Å². The van der Waals surface area contributed by atoms with Crippen LogP contribution in [0.2, 0.25) is 0 Å². The lowest BCUT2D eigenvalue weighted by Crippen LogP contribution is -2.24. The number of non-ortho nitro benzene ring substituents is 1. The van der Waals surface area contributed by atoms with Gasteiger partial charge in [0.25, 0.3) is 5.69 Å². The maximum Gasteiger partial charge on any atom is 0.440 e. The standard InChI is InChI=1S/C13H19N4O6PS/c1-3-7-25-24(21,22-4-2)23-12-6-5-11(17(19)20)8-10(12)9-15-16-13(14)18/h5-6,8-9H,3-4,7H2,1-2H3,(H3,14,16,18). The lowest BCUT2D eigenvalue weighted by molar-refractivity contribution is -0.384. The molecule has 0 radical (unpaired) electrons. The molecule has 1 rings (SSSR count). The number of carbonyl (C=O) groups excluding carboxylic acids is 1. The van der Waals surface area contributed by atoms with Crippen molar-refractivity contribution in [2.24, 2.45) is 10.8 Å². The Labute approximate surface area is 148 Å². The summed E-state index contributed by atoms with van der Waals surface area (Å²) in [7, 11) is 0. The SMILES string of the molecule is CCCSP(=O)(OCC)Oc1ccc([N+](=O)[O-])cc1C=NNC(N)=O. The minimum atomic E-state index is -3.50. The molecular weight excluding hydrogens is 371 g/mol. The monoisotopic (exact) mass is 390 g/mol. The van der Waals surface area contributed by atoms with Gasteiger partial charge in [-0.05, 0) is 30.8 Å². The molecule has 0 aliphatic heterocycles. The molecule has 1 aromatic rings.